The van der Waals surface area contributed by atoms with E-state index >= 15 is 0 Å². The fourth-order valence-corrected chi connectivity index (χ4v) is 3.53. The Balaban J connectivity index is 2.06. The van der Waals surface area contributed by atoms with Gasteiger partial charge in [0.1, 0.15) is 10.8 Å². The van der Waals surface area contributed by atoms with Crippen molar-refractivity contribution >= 4 is 17.2 Å². The molecule has 0 aliphatic heterocycles. The van der Waals surface area contributed by atoms with Gasteiger partial charge in [-0.05, 0) is 31.2 Å². The molecule has 0 spiro atoms. The number of carbonyl (C=O) groups excluding carboxylic acids is 1. The molecule has 1 aromatic heterocycles. The van der Waals surface area contributed by atoms with Gasteiger partial charge < -0.3 is 10.1 Å². The van der Waals surface area contributed by atoms with Crippen molar-refractivity contribution in [3.05, 3.63) is 45.9 Å². The molecule has 1 atom stereocenters. The summed E-state index contributed by atoms with van der Waals surface area (Å²) >= 11 is 1.54. The van der Waals surface area contributed by atoms with Crippen molar-refractivity contribution in [1.82, 2.24) is 15.2 Å². The number of nitrogens with one attached hydrogen (secondary N) is 1. The molecule has 1 heterocycles. The minimum Gasteiger partial charge on any atom is -0.497 e. The average Bonchev–Trinajstić information content (AvgIpc) is 3.02. The summed E-state index contributed by atoms with van der Waals surface area (Å²) in [6.45, 7) is 2.93. The minimum atomic E-state index is -0.00734. The van der Waals surface area contributed by atoms with Crippen molar-refractivity contribution in [3.63, 3.8) is 0 Å². The Morgan fingerprint density at radius 1 is 1.46 bits per heavy atom. The summed E-state index contributed by atoms with van der Waals surface area (Å²) in [6.07, 6.45) is 1.34. The molecular formula is C18H25N3O2S. The molecule has 24 heavy (non-hydrogen) atoms. The molecule has 0 radical (unpaired) electrons. The lowest BCUT2D eigenvalue weighted by molar-refractivity contribution is -0.119. The summed E-state index contributed by atoms with van der Waals surface area (Å²) in [5.41, 5.74) is 2.24. The number of nitrogens with zero attached hydrogens (tertiary/aromatic N) is 2. The molecule has 0 saturated heterocycles. The van der Waals surface area contributed by atoms with Gasteiger partial charge in [0.2, 0.25) is 5.91 Å². The molecule has 0 bridgehead atoms. The molecule has 0 saturated carbocycles. The zero-order valence-electron chi connectivity index (χ0n) is 14.7. The zero-order chi connectivity index (χ0) is 17.5. The van der Waals surface area contributed by atoms with E-state index in [1.807, 2.05) is 17.5 Å². The highest BCUT2D eigenvalue weighted by atomic mass is 32.1. The molecule has 130 valence electrons. The highest BCUT2D eigenvalue weighted by Gasteiger charge is 2.17. The Bertz CT molecular complexity index is 672. The summed E-state index contributed by atoms with van der Waals surface area (Å²) in [5.74, 6) is 0.868. The number of carbonyl (C=O) groups is 1. The van der Waals surface area contributed by atoms with Crippen LogP contribution in [0.2, 0.25) is 0 Å². The van der Waals surface area contributed by atoms with Crippen molar-refractivity contribution in [3.8, 4) is 5.75 Å². The second-order valence-electron chi connectivity index (χ2n) is 5.70. The second kappa shape index (κ2) is 8.80. The van der Waals surface area contributed by atoms with Crippen molar-refractivity contribution < 1.29 is 9.53 Å². The fraction of sp³-hybridized carbons (Fsp3) is 0.444. The number of thiazole rings is 1. The molecule has 0 aliphatic rings. The molecule has 1 N–H and O–H groups in total. The van der Waals surface area contributed by atoms with Crippen LogP contribution in [-0.2, 0) is 17.8 Å². The van der Waals surface area contributed by atoms with Crippen molar-refractivity contribution in [2.75, 3.05) is 21.2 Å². The second-order valence-corrected chi connectivity index (χ2v) is 6.64. The van der Waals surface area contributed by atoms with Crippen LogP contribution >= 0.6 is 11.3 Å². The highest BCUT2D eigenvalue weighted by molar-refractivity contribution is 7.09. The molecule has 1 amide bonds. The summed E-state index contributed by atoms with van der Waals surface area (Å²) in [7, 11) is 5.43. The van der Waals surface area contributed by atoms with Gasteiger partial charge in [0.05, 0.1) is 19.2 Å². The molecule has 0 aliphatic carbocycles. The first-order chi connectivity index (χ1) is 11.6. The van der Waals surface area contributed by atoms with Crippen LogP contribution < -0.4 is 10.1 Å². The van der Waals surface area contributed by atoms with Crippen LogP contribution in [0.3, 0.4) is 0 Å². The Hall–Kier alpha value is -1.92. The summed E-state index contributed by atoms with van der Waals surface area (Å²) in [4.78, 5) is 18.3. The van der Waals surface area contributed by atoms with E-state index < -0.39 is 0 Å². The third kappa shape index (κ3) is 4.79. The van der Waals surface area contributed by atoms with Gasteiger partial charge in [0.25, 0.3) is 0 Å². The Morgan fingerprint density at radius 2 is 2.25 bits per heavy atom. The Morgan fingerprint density at radius 3 is 2.92 bits per heavy atom. The van der Waals surface area contributed by atoms with E-state index in [-0.39, 0.29) is 5.91 Å². The van der Waals surface area contributed by atoms with Crippen LogP contribution in [0.15, 0.2) is 29.6 Å². The quantitative estimate of drug-likeness (QED) is 0.797. The first-order valence-corrected chi connectivity index (χ1v) is 8.93. The number of hydrogen-bond donors (Lipinski definition) is 1. The van der Waals surface area contributed by atoms with E-state index in [1.165, 1.54) is 16.9 Å². The normalized spacial score (nSPS) is 12.2. The van der Waals surface area contributed by atoms with Crippen molar-refractivity contribution in [1.29, 1.82) is 0 Å². The Kier molecular flexibility index (Phi) is 6.75. The molecule has 6 heteroatoms. The van der Waals surface area contributed by atoms with Gasteiger partial charge in [-0.15, -0.1) is 11.3 Å². The molecule has 0 fully saturated rings. The van der Waals surface area contributed by atoms with Gasteiger partial charge in [-0.3, -0.25) is 9.69 Å². The topological polar surface area (TPSA) is 54.5 Å². The zero-order valence-corrected chi connectivity index (χ0v) is 15.5. The molecule has 2 aromatic rings. The molecule has 5 nitrogen and oxygen atoms in total. The lowest BCUT2D eigenvalue weighted by Gasteiger charge is -2.27. The number of rotatable bonds is 8. The number of aromatic nitrogens is 1. The monoisotopic (exact) mass is 347 g/mol. The average molecular weight is 347 g/mol. The van der Waals surface area contributed by atoms with Crippen LogP contribution in [-0.4, -0.2) is 37.0 Å². The number of methoxy groups -OCH3 is 1. The Labute approximate surface area is 147 Å². The lowest BCUT2D eigenvalue weighted by Crippen LogP contribution is -2.24. The van der Waals surface area contributed by atoms with E-state index in [2.05, 4.69) is 41.3 Å². The number of benzene rings is 1. The van der Waals surface area contributed by atoms with Crippen LogP contribution in [0.5, 0.6) is 5.75 Å². The molecular weight excluding hydrogens is 322 g/mol. The van der Waals surface area contributed by atoms with Gasteiger partial charge in [0.15, 0.2) is 0 Å². The predicted molar refractivity (Wildman–Crippen MR) is 97.4 cm³/mol. The summed E-state index contributed by atoms with van der Waals surface area (Å²) in [6, 6.07) is 8.49. The minimum absolute atomic E-state index is 0.00734. The highest BCUT2D eigenvalue weighted by Crippen LogP contribution is 2.27. The van der Waals surface area contributed by atoms with E-state index in [9.17, 15) is 4.79 Å². The lowest BCUT2D eigenvalue weighted by atomic mass is 10.0. The molecule has 2 rings (SSSR count). The SMILES string of the molecule is CCC(c1cccc(OC)c1)N(C)Cc1csc(CC(=O)NC)n1. The van der Waals surface area contributed by atoms with E-state index in [1.54, 1.807) is 14.2 Å². The van der Waals surface area contributed by atoms with Gasteiger partial charge in [-0.25, -0.2) is 4.98 Å². The van der Waals surface area contributed by atoms with Gasteiger partial charge in [0, 0.05) is 25.0 Å². The smallest absolute Gasteiger partial charge is 0.226 e. The number of amides is 1. The van der Waals surface area contributed by atoms with Crippen molar-refractivity contribution in [2.45, 2.75) is 32.4 Å². The fourth-order valence-electron chi connectivity index (χ4n) is 2.74. The van der Waals surface area contributed by atoms with Gasteiger partial charge in [-0.1, -0.05) is 19.1 Å². The third-order valence-electron chi connectivity index (χ3n) is 4.00. The van der Waals surface area contributed by atoms with Gasteiger partial charge in [-0.2, -0.15) is 0 Å². The maximum Gasteiger partial charge on any atom is 0.226 e. The van der Waals surface area contributed by atoms with E-state index in [0.29, 0.717) is 12.5 Å². The summed E-state index contributed by atoms with van der Waals surface area (Å²) < 4.78 is 5.33. The summed E-state index contributed by atoms with van der Waals surface area (Å²) in [5, 5.41) is 5.52. The third-order valence-corrected chi connectivity index (χ3v) is 4.90. The first-order valence-electron chi connectivity index (χ1n) is 8.05. The standard InChI is InChI=1S/C18H25N3O2S/c1-5-16(13-7-6-8-15(9-13)23-4)21(3)11-14-12-24-18(20-14)10-17(22)19-2/h6-9,12,16H,5,10-11H2,1-4H3,(H,19,22). The van der Waals surface area contributed by atoms with Crippen LogP contribution in [0.4, 0.5) is 0 Å². The largest absolute Gasteiger partial charge is 0.497 e. The maximum atomic E-state index is 11.4. The maximum absolute atomic E-state index is 11.4. The van der Waals surface area contributed by atoms with Gasteiger partial charge >= 0.3 is 0 Å². The van der Waals surface area contributed by atoms with Crippen molar-refractivity contribution in [2.24, 2.45) is 0 Å². The van der Waals surface area contributed by atoms with Crippen LogP contribution in [0.25, 0.3) is 0 Å². The number of hydrogen-bond acceptors (Lipinski definition) is 5. The van der Waals surface area contributed by atoms with E-state index in [0.717, 1.165) is 29.4 Å². The predicted octanol–water partition coefficient (Wildman–Crippen LogP) is 3.02. The van der Waals surface area contributed by atoms with Crippen LogP contribution in [0.1, 0.15) is 35.7 Å². The molecule has 1 aromatic carbocycles. The number of likely N-dealkylation sites (N-methyl/N-ethyl adjacent to an activating group) is 1. The first kappa shape index (κ1) is 18.4. The number of ether oxygens (including phenoxy) is 1. The van der Waals surface area contributed by atoms with E-state index in [4.69, 9.17) is 4.74 Å². The molecule has 1 unspecified atom stereocenters. The van der Waals surface area contributed by atoms with Crippen LogP contribution in [0, 0.1) is 0 Å².